The van der Waals surface area contributed by atoms with Gasteiger partial charge >= 0.3 is 0 Å². The summed E-state index contributed by atoms with van der Waals surface area (Å²) in [5, 5.41) is -0.444. The number of anilines is 2. The largest absolute Gasteiger partial charge is 0.378 e. The molecule has 2 aromatic carbocycles. The van der Waals surface area contributed by atoms with E-state index >= 15 is 0 Å². The number of para-hydroxylation sites is 1. The summed E-state index contributed by atoms with van der Waals surface area (Å²) < 4.78 is 27.5. The van der Waals surface area contributed by atoms with Crippen LogP contribution < -0.4 is 14.5 Å². The molecule has 5 nitrogen and oxygen atoms in total. The monoisotopic (exact) mass is 387 g/mol. The number of hydrogen-bond donors (Lipinski definition) is 1. The molecule has 1 N–H and O–H groups in total. The summed E-state index contributed by atoms with van der Waals surface area (Å²) in [5.74, 6) is 0. The average Bonchev–Trinajstić information content (AvgIpc) is 3.06. The van der Waals surface area contributed by atoms with Crippen molar-refractivity contribution in [3.05, 3.63) is 59.7 Å². The molecule has 6 heteroatoms. The molecule has 1 atom stereocenters. The van der Waals surface area contributed by atoms with Crippen LogP contribution in [0, 0.1) is 0 Å². The van der Waals surface area contributed by atoms with Crippen LogP contribution in [0.25, 0.3) is 0 Å². The molecular formula is C21H29N3O2S. The highest BCUT2D eigenvalue weighted by Gasteiger charge is 2.28. The summed E-state index contributed by atoms with van der Waals surface area (Å²) in [5.41, 5.74) is 4.76. The van der Waals surface area contributed by atoms with Gasteiger partial charge in [0.1, 0.15) is 0 Å². The van der Waals surface area contributed by atoms with E-state index in [0.717, 1.165) is 24.2 Å². The van der Waals surface area contributed by atoms with Crippen LogP contribution in [0.2, 0.25) is 0 Å². The van der Waals surface area contributed by atoms with Gasteiger partial charge in [-0.1, -0.05) is 30.3 Å². The van der Waals surface area contributed by atoms with Gasteiger partial charge in [-0.05, 0) is 49.6 Å². The maximum Gasteiger partial charge on any atom is 0.214 e. The Balaban J connectivity index is 1.92. The van der Waals surface area contributed by atoms with Crippen molar-refractivity contribution in [1.82, 2.24) is 4.72 Å². The Labute approximate surface area is 163 Å². The van der Waals surface area contributed by atoms with E-state index in [0.29, 0.717) is 6.54 Å². The van der Waals surface area contributed by atoms with E-state index in [1.165, 1.54) is 11.3 Å². The third-order valence-electron chi connectivity index (χ3n) is 5.19. The molecule has 0 radical (unpaired) electrons. The molecule has 0 saturated carbocycles. The van der Waals surface area contributed by atoms with Gasteiger partial charge < -0.3 is 9.80 Å². The molecule has 1 aliphatic heterocycles. The van der Waals surface area contributed by atoms with E-state index in [2.05, 4.69) is 57.0 Å². The zero-order valence-electron chi connectivity index (χ0n) is 16.5. The normalized spacial score (nSPS) is 15.1. The molecule has 3 rings (SSSR count). The molecule has 1 aliphatic rings. The fraction of sp³-hybridized carbons (Fsp3) is 0.429. The van der Waals surface area contributed by atoms with Crippen LogP contribution in [0.15, 0.2) is 48.5 Å². The quantitative estimate of drug-likeness (QED) is 0.793. The molecule has 0 saturated heterocycles. The number of fused-ring (bicyclic) bond motifs is 1. The van der Waals surface area contributed by atoms with E-state index in [9.17, 15) is 8.42 Å². The number of rotatable bonds is 7. The van der Waals surface area contributed by atoms with Gasteiger partial charge in [0.2, 0.25) is 10.0 Å². The number of sulfonamides is 1. The van der Waals surface area contributed by atoms with E-state index < -0.39 is 15.3 Å². The summed E-state index contributed by atoms with van der Waals surface area (Å²) in [4.78, 5) is 4.38. The molecule has 2 aromatic rings. The van der Waals surface area contributed by atoms with Crippen LogP contribution >= 0.6 is 0 Å². The van der Waals surface area contributed by atoms with Gasteiger partial charge in [0.25, 0.3) is 0 Å². The van der Waals surface area contributed by atoms with Crippen molar-refractivity contribution in [2.24, 2.45) is 0 Å². The Morgan fingerprint density at radius 2 is 1.74 bits per heavy atom. The molecule has 1 heterocycles. The predicted molar refractivity (Wildman–Crippen MR) is 113 cm³/mol. The Bertz CT molecular complexity index is 877. The zero-order valence-corrected chi connectivity index (χ0v) is 17.3. The molecule has 0 aliphatic carbocycles. The van der Waals surface area contributed by atoms with Gasteiger partial charge in [-0.3, -0.25) is 0 Å². The van der Waals surface area contributed by atoms with E-state index in [-0.39, 0.29) is 6.04 Å². The summed E-state index contributed by atoms with van der Waals surface area (Å²) in [6.45, 7) is 4.65. The Morgan fingerprint density at radius 1 is 1.07 bits per heavy atom. The van der Waals surface area contributed by atoms with Crippen LogP contribution in [-0.4, -0.2) is 40.9 Å². The Kier molecular flexibility index (Phi) is 5.77. The van der Waals surface area contributed by atoms with Crippen LogP contribution in [0.5, 0.6) is 0 Å². The molecule has 0 amide bonds. The first-order valence-electron chi connectivity index (χ1n) is 9.40. The fourth-order valence-corrected chi connectivity index (χ4v) is 4.18. The third kappa shape index (κ3) is 4.28. The Hall–Kier alpha value is -2.05. The van der Waals surface area contributed by atoms with E-state index in [4.69, 9.17) is 0 Å². The minimum atomic E-state index is -3.31. The molecule has 0 unspecified atom stereocenters. The van der Waals surface area contributed by atoms with Gasteiger partial charge in [-0.2, -0.15) is 0 Å². The second kappa shape index (κ2) is 7.90. The lowest BCUT2D eigenvalue weighted by Gasteiger charge is -2.31. The molecule has 0 fully saturated rings. The molecular weight excluding hydrogens is 358 g/mol. The summed E-state index contributed by atoms with van der Waals surface area (Å²) in [6, 6.07) is 16.7. The topological polar surface area (TPSA) is 52.7 Å². The lowest BCUT2D eigenvalue weighted by Crippen LogP contribution is -2.39. The zero-order chi connectivity index (χ0) is 19.6. The fourth-order valence-electron chi connectivity index (χ4n) is 3.45. The SMILES string of the molecule is CC(C)S(=O)(=O)NC[C@@H](c1ccc(N(C)C)cc1)N1CCc2ccccc21. The maximum absolute atomic E-state index is 12.3. The van der Waals surface area contributed by atoms with Crippen LogP contribution in [0.1, 0.15) is 31.0 Å². The van der Waals surface area contributed by atoms with E-state index in [1.54, 1.807) is 13.8 Å². The second-order valence-corrected chi connectivity index (χ2v) is 9.84. The van der Waals surface area contributed by atoms with Crippen molar-refractivity contribution >= 4 is 21.4 Å². The Morgan fingerprint density at radius 3 is 2.37 bits per heavy atom. The number of benzene rings is 2. The highest BCUT2D eigenvalue weighted by atomic mass is 32.2. The van der Waals surface area contributed by atoms with Crippen LogP contribution in [-0.2, 0) is 16.4 Å². The third-order valence-corrected chi connectivity index (χ3v) is 7.00. The average molecular weight is 388 g/mol. The molecule has 0 aromatic heterocycles. The first kappa shape index (κ1) is 19.7. The van der Waals surface area contributed by atoms with Gasteiger partial charge in [0.05, 0.1) is 11.3 Å². The number of nitrogens with one attached hydrogen (secondary N) is 1. The number of hydrogen-bond acceptors (Lipinski definition) is 4. The van der Waals surface area contributed by atoms with Crippen molar-refractivity contribution < 1.29 is 8.42 Å². The molecule has 27 heavy (non-hydrogen) atoms. The molecule has 0 bridgehead atoms. The first-order valence-corrected chi connectivity index (χ1v) is 10.9. The highest BCUT2D eigenvalue weighted by Crippen LogP contribution is 2.35. The maximum atomic E-state index is 12.3. The minimum Gasteiger partial charge on any atom is -0.378 e. The van der Waals surface area contributed by atoms with E-state index in [1.807, 2.05) is 20.2 Å². The lowest BCUT2D eigenvalue weighted by atomic mass is 10.0. The minimum absolute atomic E-state index is 0.0432. The van der Waals surface area contributed by atoms with Crippen LogP contribution in [0.3, 0.4) is 0 Å². The smallest absolute Gasteiger partial charge is 0.214 e. The van der Waals surface area contributed by atoms with Crippen molar-refractivity contribution in [2.75, 3.05) is 37.0 Å². The van der Waals surface area contributed by atoms with Crippen molar-refractivity contribution in [2.45, 2.75) is 31.6 Å². The summed E-state index contributed by atoms with van der Waals surface area (Å²) in [6.07, 6.45) is 0.986. The van der Waals surface area contributed by atoms with Gasteiger partial charge in [0, 0.05) is 38.6 Å². The second-order valence-electron chi connectivity index (χ2n) is 7.52. The summed E-state index contributed by atoms with van der Waals surface area (Å²) >= 11 is 0. The first-order chi connectivity index (χ1) is 12.8. The standard InChI is InChI=1S/C21H29N3O2S/c1-16(2)27(25,26)22-15-21(18-9-11-19(12-10-18)23(3)4)24-14-13-17-7-5-6-8-20(17)24/h5-12,16,21-22H,13-15H2,1-4H3/t21-/m0/s1. The van der Waals surface area contributed by atoms with Crippen molar-refractivity contribution in [3.8, 4) is 0 Å². The highest BCUT2D eigenvalue weighted by molar-refractivity contribution is 7.90. The van der Waals surface area contributed by atoms with Crippen molar-refractivity contribution in [3.63, 3.8) is 0 Å². The van der Waals surface area contributed by atoms with Gasteiger partial charge in [-0.25, -0.2) is 13.1 Å². The number of nitrogens with zero attached hydrogens (tertiary/aromatic N) is 2. The lowest BCUT2D eigenvalue weighted by molar-refractivity contribution is 0.555. The van der Waals surface area contributed by atoms with Gasteiger partial charge in [-0.15, -0.1) is 0 Å². The predicted octanol–water partition coefficient (Wildman–Crippen LogP) is 3.18. The van der Waals surface area contributed by atoms with Crippen LogP contribution in [0.4, 0.5) is 11.4 Å². The van der Waals surface area contributed by atoms with Crippen molar-refractivity contribution in [1.29, 1.82) is 0 Å². The molecule has 0 spiro atoms. The summed E-state index contributed by atoms with van der Waals surface area (Å²) in [7, 11) is 0.713. The van der Waals surface area contributed by atoms with Gasteiger partial charge in [0.15, 0.2) is 0 Å². The molecule has 146 valence electrons.